The molecule has 0 aromatic carbocycles. The van der Waals surface area contributed by atoms with Gasteiger partial charge in [0.25, 0.3) is 0 Å². The van der Waals surface area contributed by atoms with Crippen molar-refractivity contribution in [2.24, 2.45) is 0 Å². The minimum absolute atomic E-state index is 0.366. The normalized spacial score (nSPS) is 11.0. The van der Waals surface area contributed by atoms with E-state index < -0.39 is 0 Å². The first-order valence-corrected chi connectivity index (χ1v) is 4.69. The molecule has 0 saturated heterocycles. The maximum absolute atomic E-state index is 10.3. The van der Waals surface area contributed by atoms with Crippen molar-refractivity contribution in [2.45, 2.75) is 19.4 Å². The molecule has 1 amide bonds. The number of carbonyl (C=O) groups excluding carboxylic acids is 1. The zero-order valence-corrected chi connectivity index (χ0v) is 9.13. The molecular weight excluding hydrogens is 232 g/mol. The Morgan fingerprint density at radius 3 is 2.69 bits per heavy atom. The molecule has 0 aliphatic rings. The Hall–Kier alpha value is -0.900. The lowest BCUT2D eigenvalue weighted by Gasteiger charge is -2.23. The maximum Gasteiger partial charge on any atom is 0.207 e. The fraction of sp³-hybridized carbons (Fsp3) is 0.333. The van der Waals surface area contributed by atoms with Crippen molar-refractivity contribution < 1.29 is 4.79 Å². The van der Waals surface area contributed by atoms with Gasteiger partial charge in [-0.05, 0) is 41.4 Å². The van der Waals surface area contributed by atoms with Crippen LogP contribution in [0.2, 0.25) is 0 Å². The third-order valence-electron chi connectivity index (χ3n) is 1.87. The van der Waals surface area contributed by atoms with E-state index in [1.165, 1.54) is 0 Å². The van der Waals surface area contributed by atoms with Crippen LogP contribution in [0.4, 0.5) is 0 Å². The summed E-state index contributed by atoms with van der Waals surface area (Å²) in [5, 5.41) is 2.72. The molecule has 0 bridgehead atoms. The van der Waals surface area contributed by atoms with Crippen LogP contribution in [0.25, 0.3) is 0 Å². The summed E-state index contributed by atoms with van der Waals surface area (Å²) in [4.78, 5) is 14.4. The van der Waals surface area contributed by atoms with Crippen LogP contribution in [0.1, 0.15) is 19.4 Å². The van der Waals surface area contributed by atoms with Gasteiger partial charge in [0, 0.05) is 6.20 Å². The van der Waals surface area contributed by atoms with Gasteiger partial charge in [-0.15, -0.1) is 0 Å². The Morgan fingerprint density at radius 1 is 1.54 bits per heavy atom. The first kappa shape index (κ1) is 10.2. The van der Waals surface area contributed by atoms with Gasteiger partial charge in [0.2, 0.25) is 6.41 Å². The predicted molar refractivity (Wildman–Crippen MR) is 54.2 cm³/mol. The number of pyridine rings is 1. The summed E-state index contributed by atoms with van der Waals surface area (Å²) in [7, 11) is 0. The molecule has 1 aromatic rings. The monoisotopic (exact) mass is 242 g/mol. The lowest BCUT2D eigenvalue weighted by Crippen LogP contribution is -2.35. The quantitative estimate of drug-likeness (QED) is 0.650. The van der Waals surface area contributed by atoms with Gasteiger partial charge in [-0.1, -0.05) is 6.07 Å². The van der Waals surface area contributed by atoms with Crippen LogP contribution in [0.15, 0.2) is 22.9 Å². The van der Waals surface area contributed by atoms with Crippen molar-refractivity contribution >= 4 is 22.3 Å². The highest BCUT2D eigenvalue weighted by Gasteiger charge is 2.18. The van der Waals surface area contributed by atoms with Crippen molar-refractivity contribution in [3.05, 3.63) is 28.5 Å². The predicted octanol–water partition coefficient (Wildman–Crippen LogP) is 1.83. The second-order valence-electron chi connectivity index (χ2n) is 3.26. The molecule has 0 radical (unpaired) electrons. The molecule has 13 heavy (non-hydrogen) atoms. The molecule has 1 aromatic heterocycles. The van der Waals surface area contributed by atoms with Gasteiger partial charge in [-0.25, -0.2) is 4.98 Å². The zero-order valence-electron chi connectivity index (χ0n) is 7.54. The highest BCUT2D eigenvalue weighted by molar-refractivity contribution is 9.10. The van der Waals surface area contributed by atoms with Gasteiger partial charge < -0.3 is 5.32 Å². The SMILES string of the molecule is CC(C)(NC=O)c1ccc(Br)nc1. The summed E-state index contributed by atoms with van der Waals surface area (Å²) < 4.78 is 0.790. The number of carbonyl (C=O) groups is 1. The van der Waals surface area contributed by atoms with Gasteiger partial charge in [0.1, 0.15) is 4.60 Å². The molecule has 1 rings (SSSR count). The van der Waals surface area contributed by atoms with Gasteiger partial charge in [0.05, 0.1) is 5.54 Å². The van der Waals surface area contributed by atoms with E-state index in [2.05, 4.69) is 26.2 Å². The number of halogens is 1. The third kappa shape index (κ3) is 2.52. The Labute approximate surface area is 85.7 Å². The number of rotatable bonds is 3. The third-order valence-corrected chi connectivity index (χ3v) is 2.34. The smallest absolute Gasteiger partial charge is 0.207 e. The Kier molecular flexibility index (Phi) is 3.03. The molecule has 0 unspecified atom stereocenters. The number of hydrogen-bond acceptors (Lipinski definition) is 2. The van der Waals surface area contributed by atoms with Crippen molar-refractivity contribution in [1.82, 2.24) is 10.3 Å². The topological polar surface area (TPSA) is 42.0 Å². The highest BCUT2D eigenvalue weighted by Crippen LogP contribution is 2.19. The summed E-state index contributed by atoms with van der Waals surface area (Å²) in [5.41, 5.74) is 0.609. The number of nitrogens with one attached hydrogen (secondary N) is 1. The van der Waals surface area contributed by atoms with Gasteiger partial charge in [-0.3, -0.25) is 4.79 Å². The van der Waals surface area contributed by atoms with E-state index in [4.69, 9.17) is 0 Å². The molecule has 0 aliphatic carbocycles. The Morgan fingerprint density at radius 2 is 2.23 bits per heavy atom. The van der Waals surface area contributed by atoms with Crippen molar-refractivity contribution in [1.29, 1.82) is 0 Å². The first-order valence-electron chi connectivity index (χ1n) is 3.89. The molecule has 1 heterocycles. The molecule has 0 atom stereocenters. The largest absolute Gasteiger partial charge is 0.350 e. The van der Waals surface area contributed by atoms with Crippen LogP contribution in [0.3, 0.4) is 0 Å². The molecule has 70 valence electrons. The summed E-state index contributed by atoms with van der Waals surface area (Å²) in [6.07, 6.45) is 2.43. The lowest BCUT2D eigenvalue weighted by molar-refractivity contribution is -0.111. The van der Waals surface area contributed by atoms with E-state index in [1.807, 2.05) is 26.0 Å². The molecule has 0 saturated carbocycles. The van der Waals surface area contributed by atoms with Crippen LogP contribution in [0.5, 0.6) is 0 Å². The summed E-state index contributed by atoms with van der Waals surface area (Å²) in [6.45, 7) is 3.85. The van der Waals surface area contributed by atoms with E-state index in [9.17, 15) is 4.79 Å². The average Bonchev–Trinajstić information content (AvgIpc) is 2.05. The number of aromatic nitrogens is 1. The molecule has 3 nitrogen and oxygen atoms in total. The molecule has 1 N–H and O–H groups in total. The van der Waals surface area contributed by atoms with E-state index in [-0.39, 0.29) is 5.54 Å². The number of nitrogens with zero attached hydrogens (tertiary/aromatic N) is 1. The van der Waals surface area contributed by atoms with Gasteiger partial charge in [-0.2, -0.15) is 0 Å². The number of hydrogen-bond donors (Lipinski definition) is 1. The second-order valence-corrected chi connectivity index (χ2v) is 4.07. The van der Waals surface area contributed by atoms with Gasteiger partial charge in [0.15, 0.2) is 0 Å². The van der Waals surface area contributed by atoms with E-state index in [0.717, 1.165) is 10.2 Å². The first-order chi connectivity index (χ1) is 6.06. The second kappa shape index (κ2) is 3.87. The average molecular weight is 243 g/mol. The molecular formula is C9H11BrN2O. The zero-order chi connectivity index (χ0) is 9.90. The lowest BCUT2D eigenvalue weighted by atomic mass is 9.97. The van der Waals surface area contributed by atoms with Crippen LogP contribution in [0, 0.1) is 0 Å². The fourth-order valence-electron chi connectivity index (χ4n) is 0.976. The van der Waals surface area contributed by atoms with Crippen molar-refractivity contribution in [2.75, 3.05) is 0 Å². The summed E-state index contributed by atoms with van der Waals surface area (Å²) >= 11 is 3.25. The Bertz CT molecular complexity index is 295. The van der Waals surface area contributed by atoms with Crippen molar-refractivity contribution in [3.63, 3.8) is 0 Å². The minimum atomic E-state index is -0.366. The molecule has 0 aliphatic heterocycles. The van der Waals surface area contributed by atoms with Crippen molar-refractivity contribution in [3.8, 4) is 0 Å². The molecule has 0 spiro atoms. The molecule has 0 fully saturated rings. The fourth-order valence-corrected chi connectivity index (χ4v) is 1.21. The summed E-state index contributed by atoms with van der Waals surface area (Å²) in [5.74, 6) is 0. The van der Waals surface area contributed by atoms with E-state index in [1.54, 1.807) is 6.20 Å². The van der Waals surface area contributed by atoms with Gasteiger partial charge >= 0.3 is 0 Å². The van der Waals surface area contributed by atoms with Crippen LogP contribution in [-0.2, 0) is 10.3 Å². The number of amides is 1. The van der Waals surface area contributed by atoms with Crippen LogP contribution < -0.4 is 5.32 Å². The van der Waals surface area contributed by atoms with E-state index >= 15 is 0 Å². The Balaban J connectivity index is 2.93. The minimum Gasteiger partial charge on any atom is -0.350 e. The summed E-state index contributed by atoms with van der Waals surface area (Å²) in [6, 6.07) is 3.77. The standard InChI is InChI=1S/C9H11BrN2O/c1-9(2,12-6-13)7-3-4-8(10)11-5-7/h3-6H,1-2H3,(H,12,13). The molecule has 4 heteroatoms. The highest BCUT2D eigenvalue weighted by atomic mass is 79.9. The maximum atomic E-state index is 10.3. The van der Waals surface area contributed by atoms with Crippen LogP contribution in [-0.4, -0.2) is 11.4 Å². The van der Waals surface area contributed by atoms with Crippen LogP contribution >= 0.6 is 15.9 Å². The van der Waals surface area contributed by atoms with E-state index in [0.29, 0.717) is 6.41 Å².